The van der Waals surface area contributed by atoms with E-state index in [4.69, 9.17) is 22.1 Å². The van der Waals surface area contributed by atoms with Crippen LogP contribution in [0.25, 0.3) is 0 Å². The van der Waals surface area contributed by atoms with Gasteiger partial charge in [-0.1, -0.05) is 41.9 Å². The number of rotatable bonds is 6. The number of halogens is 1. The number of ether oxygens (including phenoxy) is 1. The maximum absolute atomic E-state index is 13.1. The van der Waals surface area contributed by atoms with Gasteiger partial charge in [-0.05, 0) is 36.8 Å². The lowest BCUT2D eigenvalue weighted by Gasteiger charge is -2.12. The van der Waals surface area contributed by atoms with Gasteiger partial charge in [0, 0.05) is 17.5 Å². The van der Waals surface area contributed by atoms with Crippen molar-refractivity contribution in [1.29, 1.82) is 0 Å². The summed E-state index contributed by atoms with van der Waals surface area (Å²) in [6.07, 6.45) is 0. The van der Waals surface area contributed by atoms with Crippen LogP contribution in [-0.2, 0) is 14.6 Å². The highest BCUT2D eigenvalue weighted by atomic mass is 35.5. The molecule has 2 aromatic rings. The zero-order valence-electron chi connectivity index (χ0n) is 13.4. The molecule has 128 valence electrons. The molecule has 24 heavy (non-hydrogen) atoms. The van der Waals surface area contributed by atoms with Crippen LogP contribution in [0.15, 0.2) is 59.5 Å². The van der Waals surface area contributed by atoms with Gasteiger partial charge in [0.15, 0.2) is 9.84 Å². The van der Waals surface area contributed by atoms with Crippen molar-refractivity contribution < 1.29 is 13.2 Å². The molecule has 0 heterocycles. The van der Waals surface area contributed by atoms with Crippen molar-refractivity contribution in [3.8, 4) is 0 Å². The van der Waals surface area contributed by atoms with E-state index in [1.54, 1.807) is 12.1 Å². The van der Waals surface area contributed by atoms with Crippen LogP contribution < -0.4 is 5.73 Å². The largest absolute Gasteiger partial charge is 0.380 e. The molecule has 0 aromatic heterocycles. The lowest BCUT2D eigenvalue weighted by atomic mass is 10.1. The Labute approximate surface area is 147 Å². The van der Waals surface area contributed by atoms with Gasteiger partial charge in [-0.25, -0.2) is 8.42 Å². The Morgan fingerprint density at radius 3 is 2.33 bits per heavy atom. The fourth-order valence-electron chi connectivity index (χ4n) is 3.26. The first-order chi connectivity index (χ1) is 11.4. The summed E-state index contributed by atoms with van der Waals surface area (Å²) in [4.78, 5) is 0.238. The highest BCUT2D eigenvalue weighted by molar-refractivity contribution is 7.92. The van der Waals surface area contributed by atoms with Crippen molar-refractivity contribution in [2.24, 2.45) is 5.73 Å². The Balaban J connectivity index is 1.99. The number of hydrogen-bond donors (Lipinski definition) is 1. The molecule has 0 unspecified atom stereocenters. The molecule has 6 heteroatoms. The Bertz CT molecular complexity index is 808. The first-order valence-corrected chi connectivity index (χ1v) is 9.74. The highest BCUT2D eigenvalue weighted by Crippen LogP contribution is 2.55. The molecule has 1 fully saturated rings. The minimum Gasteiger partial charge on any atom is -0.380 e. The van der Waals surface area contributed by atoms with Crippen molar-refractivity contribution in [2.75, 3.05) is 13.2 Å². The molecule has 0 saturated heterocycles. The highest BCUT2D eigenvalue weighted by Gasteiger charge is 2.69. The monoisotopic (exact) mass is 365 g/mol. The Morgan fingerprint density at radius 2 is 1.75 bits per heavy atom. The van der Waals surface area contributed by atoms with E-state index in [0.717, 1.165) is 5.56 Å². The molecule has 0 spiro atoms. The second-order valence-corrected chi connectivity index (χ2v) is 8.56. The predicted octanol–water partition coefficient (Wildman–Crippen LogP) is 3.01. The Kier molecular flexibility index (Phi) is 4.71. The predicted molar refractivity (Wildman–Crippen MR) is 95.0 cm³/mol. The first kappa shape index (κ1) is 17.4. The van der Waals surface area contributed by atoms with E-state index in [-0.39, 0.29) is 17.4 Å². The summed E-state index contributed by atoms with van der Waals surface area (Å²) in [7, 11) is -3.58. The second-order valence-electron chi connectivity index (χ2n) is 6.06. The van der Waals surface area contributed by atoms with Crippen molar-refractivity contribution in [2.45, 2.75) is 28.5 Å². The van der Waals surface area contributed by atoms with Crippen molar-refractivity contribution in [3.05, 3.63) is 65.2 Å². The number of hydrogen-bond acceptors (Lipinski definition) is 4. The van der Waals surface area contributed by atoms with E-state index in [0.29, 0.717) is 11.6 Å². The number of nitrogens with two attached hydrogens (primary N) is 1. The molecule has 0 bridgehead atoms. The molecule has 1 aliphatic carbocycles. The maximum atomic E-state index is 13.1. The lowest BCUT2D eigenvalue weighted by molar-refractivity contribution is 0.125. The minimum absolute atomic E-state index is 0.209. The summed E-state index contributed by atoms with van der Waals surface area (Å²) >= 11 is 5.87. The smallest absolute Gasteiger partial charge is 0.183 e. The summed E-state index contributed by atoms with van der Waals surface area (Å²) < 4.78 is 31.7. The molecular weight excluding hydrogens is 346 g/mol. The fourth-order valence-corrected chi connectivity index (χ4v) is 5.68. The molecule has 0 amide bonds. The van der Waals surface area contributed by atoms with Crippen LogP contribution in [0.1, 0.15) is 18.4 Å². The summed E-state index contributed by atoms with van der Waals surface area (Å²) in [6.45, 7) is 2.57. The summed E-state index contributed by atoms with van der Waals surface area (Å²) in [5.41, 5.74) is 6.47. The topological polar surface area (TPSA) is 69.4 Å². The molecule has 0 radical (unpaired) electrons. The third-order valence-corrected chi connectivity index (χ3v) is 7.05. The molecule has 4 nitrogen and oxygen atoms in total. The van der Waals surface area contributed by atoms with Crippen LogP contribution in [0.4, 0.5) is 0 Å². The van der Waals surface area contributed by atoms with Gasteiger partial charge in [0.1, 0.15) is 0 Å². The Hall–Kier alpha value is -1.40. The van der Waals surface area contributed by atoms with Crippen LogP contribution >= 0.6 is 11.6 Å². The van der Waals surface area contributed by atoms with E-state index in [2.05, 4.69) is 0 Å². The van der Waals surface area contributed by atoms with Gasteiger partial charge in [0.05, 0.1) is 22.3 Å². The van der Waals surface area contributed by atoms with Crippen molar-refractivity contribution in [1.82, 2.24) is 0 Å². The van der Waals surface area contributed by atoms with Crippen molar-refractivity contribution >= 4 is 21.4 Å². The van der Waals surface area contributed by atoms with E-state index < -0.39 is 20.6 Å². The van der Waals surface area contributed by atoms with E-state index in [9.17, 15) is 8.42 Å². The average Bonchev–Trinajstić information content (AvgIpc) is 3.21. The van der Waals surface area contributed by atoms with Gasteiger partial charge in [-0.15, -0.1) is 0 Å². The summed E-state index contributed by atoms with van der Waals surface area (Å²) in [5, 5.41) is -0.210. The van der Waals surface area contributed by atoms with Crippen LogP contribution in [-0.4, -0.2) is 32.4 Å². The molecule has 1 aliphatic rings. The molecule has 3 rings (SSSR count). The van der Waals surface area contributed by atoms with Crippen LogP contribution in [0.2, 0.25) is 5.02 Å². The molecule has 2 aromatic carbocycles. The maximum Gasteiger partial charge on any atom is 0.183 e. The van der Waals surface area contributed by atoms with Crippen molar-refractivity contribution in [3.63, 3.8) is 0 Å². The van der Waals surface area contributed by atoms with Crippen LogP contribution in [0, 0.1) is 0 Å². The number of sulfone groups is 1. The third-order valence-electron chi connectivity index (χ3n) is 4.49. The second kappa shape index (κ2) is 6.48. The normalized spacial score (nSPS) is 26.3. The Morgan fingerprint density at radius 1 is 1.12 bits per heavy atom. The zero-order chi connectivity index (χ0) is 17.4. The van der Waals surface area contributed by atoms with Gasteiger partial charge in [0.25, 0.3) is 0 Å². The SMILES string of the molecule is CCOC[C@@]1(N)[C@@H](c2ccccc2)[C@@H]1S(=O)(=O)c1ccc(Cl)cc1. The quantitative estimate of drug-likeness (QED) is 0.854. The lowest BCUT2D eigenvalue weighted by Crippen LogP contribution is -2.36. The van der Waals surface area contributed by atoms with Crippen LogP contribution in [0.3, 0.4) is 0 Å². The zero-order valence-corrected chi connectivity index (χ0v) is 14.9. The average molecular weight is 366 g/mol. The van der Waals surface area contributed by atoms with Crippen LogP contribution in [0.5, 0.6) is 0 Å². The third kappa shape index (κ3) is 2.97. The summed E-state index contributed by atoms with van der Waals surface area (Å²) in [6, 6.07) is 15.7. The number of benzene rings is 2. The van der Waals surface area contributed by atoms with Gasteiger partial charge >= 0.3 is 0 Å². The molecular formula is C18H20ClNO3S. The molecule has 2 N–H and O–H groups in total. The van der Waals surface area contributed by atoms with Gasteiger partial charge < -0.3 is 10.5 Å². The van der Waals surface area contributed by atoms with Gasteiger partial charge in [0.2, 0.25) is 0 Å². The fraction of sp³-hybridized carbons (Fsp3) is 0.333. The molecule has 1 saturated carbocycles. The van der Waals surface area contributed by atoms with Gasteiger partial charge in [-0.2, -0.15) is 0 Å². The first-order valence-electron chi connectivity index (χ1n) is 7.82. The standard InChI is InChI=1S/C18H20ClNO3S/c1-2-23-12-18(20)16(13-6-4-3-5-7-13)17(18)24(21,22)15-10-8-14(19)9-11-15/h3-11,16-17H,2,12,20H2,1H3/t16-,17-,18+/m0/s1. The molecule has 3 atom stereocenters. The minimum atomic E-state index is -3.58. The van der Waals surface area contributed by atoms with E-state index in [1.165, 1.54) is 12.1 Å². The molecule has 0 aliphatic heterocycles. The summed E-state index contributed by atoms with van der Waals surface area (Å²) in [5.74, 6) is -0.286. The van der Waals surface area contributed by atoms with E-state index in [1.807, 2.05) is 37.3 Å². The van der Waals surface area contributed by atoms with Gasteiger partial charge in [-0.3, -0.25) is 0 Å². The van der Waals surface area contributed by atoms with E-state index >= 15 is 0 Å².